The summed E-state index contributed by atoms with van der Waals surface area (Å²) < 4.78 is 0. The number of nitrogen functional groups attached to an aromatic ring is 2. The van der Waals surface area contributed by atoms with Gasteiger partial charge in [-0.15, -0.1) is 0 Å². The third-order valence-electron chi connectivity index (χ3n) is 2.35. The van der Waals surface area contributed by atoms with Crippen molar-refractivity contribution in [3.05, 3.63) is 27.7 Å². The lowest BCUT2D eigenvalue weighted by molar-refractivity contribution is 0.477. The lowest BCUT2D eigenvalue weighted by Crippen LogP contribution is -2.05. The van der Waals surface area contributed by atoms with E-state index in [0.717, 1.165) is 0 Å². The molecule has 0 saturated carbocycles. The topological polar surface area (TPSA) is 122 Å². The minimum atomic E-state index is -0.264. The summed E-state index contributed by atoms with van der Waals surface area (Å²) in [6.45, 7) is 0. The first-order valence-corrected chi connectivity index (χ1v) is 5.71. The van der Waals surface area contributed by atoms with Crippen LogP contribution < -0.4 is 11.5 Å². The Labute approximate surface area is 118 Å². The molecule has 96 valence electrons. The van der Waals surface area contributed by atoms with Gasteiger partial charge in [0, 0.05) is 10.6 Å². The molecular weight excluding hydrogens is 289 g/mol. The van der Waals surface area contributed by atoms with Crippen LogP contribution in [0.3, 0.4) is 0 Å². The summed E-state index contributed by atoms with van der Waals surface area (Å²) in [7, 11) is 0. The van der Waals surface area contributed by atoms with Crippen LogP contribution in [0.5, 0.6) is 5.75 Å². The normalized spacial score (nSPS) is 10.2. The van der Waals surface area contributed by atoms with E-state index in [9.17, 15) is 5.11 Å². The Morgan fingerprint density at radius 2 is 1.89 bits per heavy atom. The molecule has 5 N–H and O–H groups in total. The van der Waals surface area contributed by atoms with Crippen LogP contribution in [0.25, 0.3) is 11.3 Å². The summed E-state index contributed by atoms with van der Waals surface area (Å²) in [5.74, 6) is -0.470. The number of hydrogen-bond acceptors (Lipinski definition) is 6. The summed E-state index contributed by atoms with van der Waals surface area (Å²) in [6.07, 6.45) is 0. The van der Waals surface area contributed by atoms with Gasteiger partial charge >= 0.3 is 0 Å². The van der Waals surface area contributed by atoms with Crippen molar-refractivity contribution in [2.45, 2.75) is 0 Å². The zero-order chi connectivity index (χ0) is 14.2. The number of anilines is 2. The second-order valence-electron chi connectivity index (χ2n) is 3.59. The van der Waals surface area contributed by atoms with Crippen molar-refractivity contribution in [3.63, 3.8) is 0 Å². The Bertz CT molecular complexity index is 711. The quantitative estimate of drug-likeness (QED) is 0.741. The predicted molar refractivity (Wildman–Crippen MR) is 72.7 cm³/mol. The molecule has 0 amide bonds. The molecule has 1 aromatic heterocycles. The van der Waals surface area contributed by atoms with E-state index >= 15 is 0 Å². The number of aromatic hydroxyl groups is 1. The summed E-state index contributed by atoms with van der Waals surface area (Å²) in [4.78, 5) is 7.58. The van der Waals surface area contributed by atoms with Crippen LogP contribution in [0.2, 0.25) is 10.0 Å². The largest absolute Gasteiger partial charge is 0.506 e. The molecule has 0 spiro atoms. The van der Waals surface area contributed by atoms with Crippen LogP contribution in [0.4, 0.5) is 11.8 Å². The van der Waals surface area contributed by atoms with Crippen molar-refractivity contribution in [3.8, 4) is 23.1 Å². The molecule has 6 nitrogen and oxygen atoms in total. The van der Waals surface area contributed by atoms with Gasteiger partial charge in [-0.25, -0.2) is 4.98 Å². The maximum absolute atomic E-state index is 9.94. The number of nitrogens with zero attached hydrogens (tertiary/aromatic N) is 3. The number of hydrogen-bond donors (Lipinski definition) is 3. The number of halogens is 2. The molecule has 0 saturated heterocycles. The highest BCUT2D eigenvalue weighted by atomic mass is 35.5. The first-order chi connectivity index (χ1) is 8.93. The van der Waals surface area contributed by atoms with E-state index in [0.29, 0.717) is 0 Å². The molecule has 19 heavy (non-hydrogen) atoms. The number of phenols is 1. The van der Waals surface area contributed by atoms with Crippen molar-refractivity contribution in [1.29, 1.82) is 5.26 Å². The average molecular weight is 296 g/mol. The fourth-order valence-electron chi connectivity index (χ4n) is 1.55. The van der Waals surface area contributed by atoms with Crippen molar-refractivity contribution in [1.82, 2.24) is 9.97 Å². The van der Waals surface area contributed by atoms with Crippen LogP contribution in [0.1, 0.15) is 5.56 Å². The fraction of sp³-hybridized carbons (Fsp3) is 0. The molecule has 0 radical (unpaired) electrons. The van der Waals surface area contributed by atoms with Crippen LogP contribution >= 0.6 is 23.2 Å². The maximum Gasteiger partial charge on any atom is 0.222 e. The van der Waals surface area contributed by atoms with Crippen molar-refractivity contribution < 1.29 is 5.11 Å². The zero-order valence-corrected chi connectivity index (χ0v) is 10.9. The minimum Gasteiger partial charge on any atom is -0.506 e. The van der Waals surface area contributed by atoms with Gasteiger partial charge in [0.15, 0.2) is 0 Å². The lowest BCUT2D eigenvalue weighted by Gasteiger charge is -2.09. The standard InChI is InChI=1S/C11H7Cl2N5O/c12-4-1-5(9(19)7(13)2-4)8-6(3-14)10(15)18-11(16)17-8/h1-2,19H,(H4,15,16,17,18). The molecular formula is C11H7Cl2N5O. The monoisotopic (exact) mass is 295 g/mol. The van der Waals surface area contributed by atoms with Gasteiger partial charge in [-0.2, -0.15) is 10.2 Å². The van der Waals surface area contributed by atoms with Gasteiger partial charge in [0.05, 0.1) is 10.7 Å². The Kier molecular flexibility index (Phi) is 3.34. The molecule has 0 aliphatic carbocycles. The molecule has 0 aliphatic rings. The fourth-order valence-corrected chi connectivity index (χ4v) is 2.04. The summed E-state index contributed by atoms with van der Waals surface area (Å²) >= 11 is 11.7. The third-order valence-corrected chi connectivity index (χ3v) is 2.86. The van der Waals surface area contributed by atoms with Gasteiger partial charge in [0.2, 0.25) is 5.95 Å². The van der Waals surface area contributed by atoms with E-state index in [1.807, 2.05) is 6.07 Å². The van der Waals surface area contributed by atoms with Crippen molar-refractivity contribution in [2.75, 3.05) is 11.5 Å². The van der Waals surface area contributed by atoms with Crippen LogP contribution in [0.15, 0.2) is 12.1 Å². The molecule has 0 unspecified atom stereocenters. The van der Waals surface area contributed by atoms with E-state index in [-0.39, 0.29) is 44.4 Å². The zero-order valence-electron chi connectivity index (χ0n) is 9.35. The highest BCUT2D eigenvalue weighted by Gasteiger charge is 2.18. The number of benzene rings is 1. The molecule has 2 aromatic rings. The SMILES string of the molecule is N#Cc1c(N)nc(N)nc1-c1cc(Cl)cc(Cl)c1O. The number of nitriles is 1. The molecule has 0 bridgehead atoms. The van der Waals surface area contributed by atoms with Gasteiger partial charge < -0.3 is 16.6 Å². The number of aromatic nitrogens is 2. The van der Waals surface area contributed by atoms with Crippen molar-refractivity contribution >= 4 is 35.0 Å². The van der Waals surface area contributed by atoms with E-state index in [4.69, 9.17) is 39.9 Å². The summed E-state index contributed by atoms with van der Waals surface area (Å²) in [6, 6.07) is 4.62. The van der Waals surface area contributed by atoms with E-state index in [1.165, 1.54) is 12.1 Å². The number of rotatable bonds is 1. The molecule has 0 atom stereocenters. The van der Waals surface area contributed by atoms with E-state index in [1.54, 1.807) is 0 Å². The highest BCUT2D eigenvalue weighted by molar-refractivity contribution is 6.36. The predicted octanol–water partition coefficient (Wildman–Crippen LogP) is 2.19. The smallest absolute Gasteiger partial charge is 0.222 e. The van der Waals surface area contributed by atoms with Gasteiger partial charge in [-0.1, -0.05) is 23.2 Å². The third kappa shape index (κ3) is 2.34. The van der Waals surface area contributed by atoms with Gasteiger partial charge in [-0.05, 0) is 12.1 Å². The average Bonchev–Trinajstić information content (AvgIpc) is 2.33. The Morgan fingerprint density at radius 3 is 2.53 bits per heavy atom. The first-order valence-electron chi connectivity index (χ1n) is 4.95. The van der Waals surface area contributed by atoms with Gasteiger partial charge in [0.1, 0.15) is 23.2 Å². The first kappa shape index (κ1) is 13.2. The van der Waals surface area contributed by atoms with Gasteiger partial charge in [-0.3, -0.25) is 0 Å². The van der Waals surface area contributed by atoms with E-state index in [2.05, 4.69) is 9.97 Å². The van der Waals surface area contributed by atoms with Crippen LogP contribution in [-0.4, -0.2) is 15.1 Å². The van der Waals surface area contributed by atoms with Crippen LogP contribution in [-0.2, 0) is 0 Å². The molecule has 0 fully saturated rings. The molecule has 8 heteroatoms. The summed E-state index contributed by atoms with van der Waals surface area (Å²) in [5, 5.41) is 19.3. The number of nitrogens with two attached hydrogens (primary N) is 2. The van der Waals surface area contributed by atoms with Crippen molar-refractivity contribution in [2.24, 2.45) is 0 Å². The molecule has 2 rings (SSSR count). The minimum absolute atomic E-state index is 0.0113. The second kappa shape index (κ2) is 4.80. The Hall–Kier alpha value is -2.23. The van der Waals surface area contributed by atoms with Gasteiger partial charge in [0.25, 0.3) is 0 Å². The molecule has 0 aliphatic heterocycles. The molecule has 1 heterocycles. The second-order valence-corrected chi connectivity index (χ2v) is 4.43. The molecule has 1 aromatic carbocycles. The summed E-state index contributed by atoms with van der Waals surface area (Å²) in [5.41, 5.74) is 11.3. The maximum atomic E-state index is 9.94. The number of phenolic OH excluding ortho intramolecular Hbond substituents is 1. The van der Waals surface area contributed by atoms with E-state index < -0.39 is 0 Å². The Morgan fingerprint density at radius 1 is 1.21 bits per heavy atom. The van der Waals surface area contributed by atoms with Crippen LogP contribution in [0, 0.1) is 11.3 Å². The lowest BCUT2D eigenvalue weighted by atomic mass is 10.1. The Balaban J connectivity index is 2.83. The highest BCUT2D eigenvalue weighted by Crippen LogP contribution is 2.39.